The smallest absolute Gasteiger partial charge is 0.230 e. The van der Waals surface area contributed by atoms with Gasteiger partial charge in [0.2, 0.25) is 5.91 Å². The Bertz CT molecular complexity index is 291. The van der Waals surface area contributed by atoms with Crippen LogP contribution >= 0.6 is 0 Å². The second-order valence-electron chi connectivity index (χ2n) is 3.08. The van der Waals surface area contributed by atoms with Crippen LogP contribution in [0.2, 0.25) is 0 Å². The summed E-state index contributed by atoms with van der Waals surface area (Å²) in [5.74, 6) is 0.566. The Labute approximate surface area is 80.9 Å². The lowest BCUT2D eigenvalue weighted by Gasteiger charge is -2.26. The zero-order chi connectivity index (χ0) is 9.80. The fourth-order valence-electron chi connectivity index (χ4n) is 1.36. The molecule has 0 aliphatic carbocycles. The van der Waals surface area contributed by atoms with Gasteiger partial charge in [0.15, 0.2) is 5.82 Å². The van der Waals surface area contributed by atoms with Crippen molar-refractivity contribution in [1.29, 1.82) is 0 Å². The van der Waals surface area contributed by atoms with Crippen LogP contribution in [0.1, 0.15) is 5.82 Å². The molecule has 7 nitrogen and oxygen atoms in total. The Kier molecular flexibility index (Phi) is 2.68. The van der Waals surface area contributed by atoms with Crippen LogP contribution in [0.4, 0.5) is 0 Å². The molecule has 1 fully saturated rings. The number of nitrogens with zero attached hydrogens (tertiary/aromatic N) is 5. The summed E-state index contributed by atoms with van der Waals surface area (Å²) in [4.78, 5) is 13.4. The van der Waals surface area contributed by atoms with Crippen LogP contribution in [-0.4, -0.2) is 57.6 Å². The summed E-state index contributed by atoms with van der Waals surface area (Å²) in [6, 6.07) is 0. The van der Waals surface area contributed by atoms with E-state index >= 15 is 0 Å². The lowest BCUT2D eigenvalue weighted by Crippen LogP contribution is -2.44. The molecule has 1 aliphatic heterocycles. The molecule has 1 aliphatic rings. The normalized spacial score (nSPS) is 17.0. The summed E-state index contributed by atoms with van der Waals surface area (Å²) >= 11 is 0. The Balaban J connectivity index is 1.88. The number of carbonyl (C=O) groups is 1. The van der Waals surface area contributed by atoms with Gasteiger partial charge in [-0.15, -0.1) is 5.10 Å². The molecule has 0 saturated carbocycles. The summed E-state index contributed by atoms with van der Waals surface area (Å²) in [5, 5.41) is 17.2. The van der Waals surface area contributed by atoms with Gasteiger partial charge >= 0.3 is 0 Å². The summed E-state index contributed by atoms with van der Waals surface area (Å²) in [7, 11) is 0. The van der Waals surface area contributed by atoms with Gasteiger partial charge in [-0.3, -0.25) is 4.79 Å². The van der Waals surface area contributed by atoms with E-state index in [0.717, 1.165) is 13.1 Å². The van der Waals surface area contributed by atoms with E-state index in [2.05, 4.69) is 25.9 Å². The van der Waals surface area contributed by atoms with Crippen molar-refractivity contribution in [3.05, 3.63) is 5.82 Å². The van der Waals surface area contributed by atoms with Crippen molar-refractivity contribution in [3.63, 3.8) is 0 Å². The minimum Gasteiger partial charge on any atom is -0.340 e. The quantitative estimate of drug-likeness (QED) is 0.602. The standard InChI is InChI=1S/C7H11N6O/c14-7(5-6-9-11-12-10-6)13-3-1-8-2-4-13/h1-5H2,(H,9,10,11,12). The van der Waals surface area contributed by atoms with Crippen molar-refractivity contribution in [3.8, 4) is 0 Å². The number of rotatable bonds is 2. The zero-order valence-electron chi connectivity index (χ0n) is 7.68. The molecule has 0 spiro atoms. The van der Waals surface area contributed by atoms with E-state index in [4.69, 9.17) is 0 Å². The average Bonchev–Trinajstić information content (AvgIpc) is 2.72. The van der Waals surface area contributed by atoms with Crippen molar-refractivity contribution >= 4 is 5.91 Å². The number of tetrazole rings is 1. The van der Waals surface area contributed by atoms with Gasteiger partial charge < -0.3 is 4.90 Å². The number of aromatic nitrogens is 4. The predicted octanol–water partition coefficient (Wildman–Crippen LogP) is -1.81. The number of aromatic amines is 1. The van der Waals surface area contributed by atoms with E-state index < -0.39 is 0 Å². The molecule has 1 radical (unpaired) electrons. The maximum atomic E-state index is 11.6. The van der Waals surface area contributed by atoms with Crippen molar-refractivity contribution in [2.75, 3.05) is 26.2 Å². The number of nitrogens with one attached hydrogen (secondary N) is 1. The van der Waals surface area contributed by atoms with Gasteiger partial charge in [0.1, 0.15) is 0 Å². The largest absolute Gasteiger partial charge is 0.340 e. The van der Waals surface area contributed by atoms with Gasteiger partial charge in [-0.25, -0.2) is 10.4 Å². The molecule has 1 saturated heterocycles. The molecule has 2 rings (SSSR count). The maximum absolute atomic E-state index is 11.6. The fourth-order valence-corrected chi connectivity index (χ4v) is 1.36. The SMILES string of the molecule is O=C(Cc1nnn[nH]1)N1CC[N]CC1. The Morgan fingerprint density at radius 3 is 2.86 bits per heavy atom. The highest BCUT2D eigenvalue weighted by atomic mass is 16.2. The van der Waals surface area contributed by atoms with Crippen molar-refractivity contribution < 1.29 is 4.79 Å². The third-order valence-corrected chi connectivity index (χ3v) is 2.12. The first-order valence-corrected chi connectivity index (χ1v) is 4.50. The number of hydrogen-bond donors (Lipinski definition) is 1. The van der Waals surface area contributed by atoms with Crippen LogP contribution in [0.3, 0.4) is 0 Å². The zero-order valence-corrected chi connectivity index (χ0v) is 7.68. The molecule has 1 N–H and O–H groups in total. The maximum Gasteiger partial charge on any atom is 0.230 e. The second kappa shape index (κ2) is 4.14. The lowest BCUT2D eigenvalue weighted by molar-refractivity contribution is -0.131. The summed E-state index contributed by atoms with van der Waals surface area (Å²) in [5.41, 5.74) is 0. The van der Waals surface area contributed by atoms with Gasteiger partial charge in [-0.05, 0) is 10.4 Å². The monoisotopic (exact) mass is 195 g/mol. The third-order valence-electron chi connectivity index (χ3n) is 2.12. The summed E-state index contributed by atoms with van der Waals surface area (Å²) in [6.07, 6.45) is 0.243. The van der Waals surface area contributed by atoms with Crippen LogP contribution in [0.25, 0.3) is 0 Å². The topological polar surface area (TPSA) is 88.9 Å². The molecule has 1 amide bonds. The first-order chi connectivity index (χ1) is 6.86. The van der Waals surface area contributed by atoms with E-state index in [1.54, 1.807) is 4.90 Å². The molecular weight excluding hydrogens is 184 g/mol. The predicted molar refractivity (Wildman–Crippen MR) is 46.3 cm³/mol. The number of amides is 1. The van der Waals surface area contributed by atoms with Crippen LogP contribution in [-0.2, 0) is 11.2 Å². The molecule has 75 valence electrons. The molecule has 14 heavy (non-hydrogen) atoms. The highest BCUT2D eigenvalue weighted by molar-refractivity contribution is 5.78. The summed E-state index contributed by atoms with van der Waals surface area (Å²) < 4.78 is 0. The molecule has 0 bridgehead atoms. The van der Waals surface area contributed by atoms with Crippen LogP contribution < -0.4 is 5.32 Å². The fraction of sp³-hybridized carbons (Fsp3) is 0.714. The molecule has 1 aromatic rings. The number of H-pyrrole nitrogens is 1. The van der Waals surface area contributed by atoms with E-state index in [1.165, 1.54) is 0 Å². The number of piperazine rings is 1. The first kappa shape index (κ1) is 9.07. The molecule has 0 unspecified atom stereocenters. The minimum absolute atomic E-state index is 0.0541. The van der Waals surface area contributed by atoms with Gasteiger partial charge in [-0.1, -0.05) is 0 Å². The lowest BCUT2D eigenvalue weighted by atomic mass is 10.3. The molecular formula is C7H11N6O. The van der Waals surface area contributed by atoms with Gasteiger partial charge in [-0.2, -0.15) is 0 Å². The van der Waals surface area contributed by atoms with Gasteiger partial charge in [0.05, 0.1) is 6.42 Å². The van der Waals surface area contributed by atoms with Crippen LogP contribution in [0, 0.1) is 0 Å². The number of hydrogen-bond acceptors (Lipinski definition) is 4. The van der Waals surface area contributed by atoms with Crippen molar-refractivity contribution in [2.45, 2.75) is 6.42 Å². The van der Waals surface area contributed by atoms with Gasteiger partial charge in [0, 0.05) is 26.2 Å². The minimum atomic E-state index is 0.0541. The highest BCUT2D eigenvalue weighted by Crippen LogP contribution is 1.98. The van der Waals surface area contributed by atoms with Crippen molar-refractivity contribution in [1.82, 2.24) is 30.8 Å². The highest BCUT2D eigenvalue weighted by Gasteiger charge is 2.17. The molecule has 2 heterocycles. The number of carbonyl (C=O) groups excluding carboxylic acids is 1. The van der Waals surface area contributed by atoms with E-state index in [0.29, 0.717) is 18.9 Å². The average molecular weight is 195 g/mol. The Morgan fingerprint density at radius 2 is 2.21 bits per heavy atom. The summed E-state index contributed by atoms with van der Waals surface area (Å²) in [6.45, 7) is 2.89. The third kappa shape index (κ3) is 2.05. The van der Waals surface area contributed by atoms with Gasteiger partial charge in [0.25, 0.3) is 0 Å². The Hall–Kier alpha value is -1.50. The first-order valence-electron chi connectivity index (χ1n) is 4.50. The van der Waals surface area contributed by atoms with E-state index in [-0.39, 0.29) is 12.3 Å². The van der Waals surface area contributed by atoms with Crippen LogP contribution in [0.5, 0.6) is 0 Å². The molecule has 0 aromatic carbocycles. The Morgan fingerprint density at radius 1 is 1.43 bits per heavy atom. The van der Waals surface area contributed by atoms with Crippen LogP contribution in [0.15, 0.2) is 0 Å². The van der Waals surface area contributed by atoms with E-state index in [9.17, 15) is 4.79 Å². The second-order valence-corrected chi connectivity index (χ2v) is 3.08. The molecule has 0 atom stereocenters. The molecule has 1 aromatic heterocycles. The molecule has 7 heteroatoms. The van der Waals surface area contributed by atoms with E-state index in [1.807, 2.05) is 0 Å². The van der Waals surface area contributed by atoms with Crippen molar-refractivity contribution in [2.24, 2.45) is 0 Å².